The minimum atomic E-state index is -0.238. The maximum Gasteiger partial charge on any atom is 0.317 e. The summed E-state index contributed by atoms with van der Waals surface area (Å²) < 4.78 is 0. The van der Waals surface area contributed by atoms with Gasteiger partial charge in [-0.15, -0.1) is 0 Å². The number of nitrogens with zero attached hydrogens (tertiary/aromatic N) is 1. The van der Waals surface area contributed by atoms with E-state index in [0.717, 1.165) is 12.0 Å². The van der Waals surface area contributed by atoms with Crippen molar-refractivity contribution < 1.29 is 9.59 Å². The van der Waals surface area contributed by atoms with Crippen molar-refractivity contribution in [3.8, 4) is 0 Å². The lowest BCUT2D eigenvalue weighted by molar-refractivity contribution is -0.127. The lowest BCUT2D eigenvalue weighted by atomic mass is 9.84. The van der Waals surface area contributed by atoms with Crippen LogP contribution in [0.25, 0.3) is 0 Å². The van der Waals surface area contributed by atoms with Gasteiger partial charge in [-0.25, -0.2) is 4.79 Å². The number of likely N-dealkylation sites (tertiary alicyclic amines) is 1. The molecule has 29 heavy (non-hydrogen) atoms. The highest BCUT2D eigenvalue weighted by molar-refractivity contribution is 5.81. The molecule has 1 aliphatic rings. The molecule has 0 bridgehead atoms. The van der Waals surface area contributed by atoms with E-state index in [4.69, 9.17) is 0 Å². The number of carbonyl (C=O) groups is 2. The largest absolute Gasteiger partial charge is 0.349 e. The zero-order valence-corrected chi connectivity index (χ0v) is 17.5. The number of carbonyl (C=O) groups excluding carboxylic acids is 2. The summed E-state index contributed by atoms with van der Waals surface area (Å²) in [6.45, 7) is 6.95. The molecule has 3 atom stereocenters. The van der Waals surface area contributed by atoms with E-state index in [1.807, 2.05) is 69.3 Å². The molecule has 0 aromatic heterocycles. The second-order valence-electron chi connectivity index (χ2n) is 8.19. The standard InChI is InChI=1S/C24H31N3O2/c1-17(2)25-24(29)27-15-21(20-12-8-5-9-13-20)14-22(16-27)23(28)26-18(3)19-10-6-4-7-11-19/h4-13,17-18,21-22H,14-16H2,1-3H3,(H,25,29)(H,26,28). The van der Waals surface area contributed by atoms with E-state index in [1.54, 1.807) is 4.90 Å². The van der Waals surface area contributed by atoms with Crippen LogP contribution in [0, 0.1) is 5.92 Å². The Bertz CT molecular complexity index is 807. The number of benzene rings is 2. The minimum absolute atomic E-state index is 0.00401. The minimum Gasteiger partial charge on any atom is -0.349 e. The first kappa shape index (κ1) is 20.9. The fourth-order valence-electron chi connectivity index (χ4n) is 3.92. The van der Waals surface area contributed by atoms with Crippen molar-refractivity contribution in [2.24, 2.45) is 5.92 Å². The van der Waals surface area contributed by atoms with Gasteiger partial charge in [0.1, 0.15) is 0 Å². The Morgan fingerprint density at radius 1 is 0.897 bits per heavy atom. The highest BCUT2D eigenvalue weighted by Crippen LogP contribution is 2.31. The zero-order valence-electron chi connectivity index (χ0n) is 17.5. The van der Waals surface area contributed by atoms with Crippen molar-refractivity contribution in [2.75, 3.05) is 13.1 Å². The fourth-order valence-corrected chi connectivity index (χ4v) is 3.92. The maximum absolute atomic E-state index is 13.1. The molecule has 2 N–H and O–H groups in total. The molecule has 3 amide bonds. The summed E-state index contributed by atoms with van der Waals surface area (Å²) in [6, 6.07) is 20.0. The molecule has 1 fully saturated rings. The van der Waals surface area contributed by atoms with Crippen LogP contribution in [0.4, 0.5) is 4.79 Å². The number of rotatable bonds is 5. The summed E-state index contributed by atoms with van der Waals surface area (Å²) in [6.07, 6.45) is 0.739. The fraction of sp³-hybridized carbons (Fsp3) is 0.417. The van der Waals surface area contributed by atoms with Crippen LogP contribution in [0.5, 0.6) is 0 Å². The topological polar surface area (TPSA) is 61.4 Å². The van der Waals surface area contributed by atoms with Crippen molar-refractivity contribution in [3.63, 3.8) is 0 Å². The molecule has 0 saturated carbocycles. The van der Waals surface area contributed by atoms with E-state index in [1.165, 1.54) is 5.56 Å². The molecule has 0 aliphatic carbocycles. The quantitative estimate of drug-likeness (QED) is 0.804. The Kier molecular flexibility index (Phi) is 6.91. The van der Waals surface area contributed by atoms with Gasteiger partial charge in [0.25, 0.3) is 0 Å². The van der Waals surface area contributed by atoms with Gasteiger partial charge in [0, 0.05) is 25.0 Å². The van der Waals surface area contributed by atoms with Crippen LogP contribution in [0.2, 0.25) is 0 Å². The van der Waals surface area contributed by atoms with Crippen LogP contribution in [0.1, 0.15) is 50.3 Å². The summed E-state index contributed by atoms with van der Waals surface area (Å²) >= 11 is 0. The number of piperidine rings is 1. The van der Waals surface area contributed by atoms with Crippen molar-refractivity contribution in [2.45, 2.75) is 45.2 Å². The maximum atomic E-state index is 13.1. The number of hydrogen-bond donors (Lipinski definition) is 2. The second kappa shape index (κ2) is 9.59. The average Bonchev–Trinajstić information content (AvgIpc) is 2.74. The molecule has 3 rings (SSSR count). The third kappa shape index (κ3) is 5.59. The summed E-state index contributed by atoms with van der Waals surface area (Å²) in [7, 11) is 0. The third-order valence-corrected chi connectivity index (χ3v) is 5.45. The molecule has 154 valence electrons. The van der Waals surface area contributed by atoms with Crippen LogP contribution in [-0.2, 0) is 4.79 Å². The molecule has 5 nitrogen and oxygen atoms in total. The van der Waals surface area contributed by atoms with Crippen molar-refractivity contribution in [1.29, 1.82) is 0 Å². The molecular weight excluding hydrogens is 362 g/mol. The lowest BCUT2D eigenvalue weighted by Gasteiger charge is -2.38. The zero-order chi connectivity index (χ0) is 20.8. The van der Waals surface area contributed by atoms with Gasteiger partial charge < -0.3 is 15.5 Å². The first-order chi connectivity index (χ1) is 13.9. The molecule has 3 unspecified atom stereocenters. The predicted octanol–water partition coefficient (Wildman–Crippen LogP) is 4.09. The highest BCUT2D eigenvalue weighted by atomic mass is 16.2. The van der Waals surface area contributed by atoms with Crippen molar-refractivity contribution >= 4 is 11.9 Å². The van der Waals surface area contributed by atoms with Crippen LogP contribution < -0.4 is 10.6 Å². The molecule has 1 aliphatic heterocycles. The molecule has 2 aromatic rings. The SMILES string of the molecule is CC(C)NC(=O)N1CC(C(=O)NC(C)c2ccccc2)CC(c2ccccc2)C1. The summed E-state index contributed by atoms with van der Waals surface area (Å²) in [5.41, 5.74) is 2.24. The monoisotopic (exact) mass is 393 g/mol. The molecule has 0 radical (unpaired) electrons. The number of amides is 3. The lowest BCUT2D eigenvalue weighted by Crippen LogP contribution is -2.52. The Morgan fingerprint density at radius 2 is 1.52 bits per heavy atom. The van der Waals surface area contributed by atoms with E-state index in [9.17, 15) is 9.59 Å². The summed E-state index contributed by atoms with van der Waals surface area (Å²) in [4.78, 5) is 27.6. The molecule has 1 heterocycles. The second-order valence-corrected chi connectivity index (χ2v) is 8.19. The molecule has 5 heteroatoms. The Labute approximate surface area is 173 Å². The van der Waals surface area contributed by atoms with Crippen LogP contribution in [0.15, 0.2) is 60.7 Å². The van der Waals surface area contributed by atoms with Crippen LogP contribution in [-0.4, -0.2) is 36.0 Å². The van der Waals surface area contributed by atoms with Gasteiger partial charge in [-0.05, 0) is 38.3 Å². The smallest absolute Gasteiger partial charge is 0.317 e. The molecule has 2 aromatic carbocycles. The number of nitrogens with one attached hydrogen (secondary N) is 2. The summed E-state index contributed by atoms with van der Waals surface area (Å²) in [5, 5.41) is 6.11. The average molecular weight is 394 g/mol. The Hall–Kier alpha value is -2.82. The van der Waals surface area contributed by atoms with Crippen molar-refractivity contribution in [1.82, 2.24) is 15.5 Å². The Morgan fingerprint density at radius 3 is 2.14 bits per heavy atom. The third-order valence-electron chi connectivity index (χ3n) is 5.45. The van der Waals surface area contributed by atoms with Gasteiger partial charge in [0.15, 0.2) is 0 Å². The van der Waals surface area contributed by atoms with E-state index < -0.39 is 0 Å². The number of hydrogen-bond acceptors (Lipinski definition) is 2. The van der Waals surface area contributed by atoms with Gasteiger partial charge in [-0.2, -0.15) is 0 Å². The van der Waals surface area contributed by atoms with Gasteiger partial charge >= 0.3 is 6.03 Å². The van der Waals surface area contributed by atoms with Crippen LogP contribution in [0.3, 0.4) is 0 Å². The van der Waals surface area contributed by atoms with Gasteiger partial charge in [-0.3, -0.25) is 4.79 Å². The molecule has 1 saturated heterocycles. The molecular formula is C24H31N3O2. The highest BCUT2D eigenvalue weighted by Gasteiger charge is 2.35. The molecule has 0 spiro atoms. The van der Waals surface area contributed by atoms with E-state index in [0.29, 0.717) is 13.1 Å². The Balaban J connectivity index is 1.74. The van der Waals surface area contributed by atoms with Gasteiger partial charge in [0.2, 0.25) is 5.91 Å². The number of urea groups is 1. The van der Waals surface area contributed by atoms with Crippen LogP contribution >= 0.6 is 0 Å². The normalized spacial score (nSPS) is 20.2. The van der Waals surface area contributed by atoms with Gasteiger partial charge in [-0.1, -0.05) is 60.7 Å². The van der Waals surface area contributed by atoms with Gasteiger partial charge in [0.05, 0.1) is 12.0 Å². The predicted molar refractivity (Wildman–Crippen MR) is 116 cm³/mol. The van der Waals surface area contributed by atoms with E-state index in [-0.39, 0.29) is 35.9 Å². The first-order valence-corrected chi connectivity index (χ1v) is 10.4. The van der Waals surface area contributed by atoms with E-state index in [2.05, 4.69) is 22.8 Å². The first-order valence-electron chi connectivity index (χ1n) is 10.4. The van der Waals surface area contributed by atoms with E-state index >= 15 is 0 Å². The van der Waals surface area contributed by atoms with Crippen molar-refractivity contribution in [3.05, 3.63) is 71.8 Å². The summed E-state index contributed by atoms with van der Waals surface area (Å²) in [5.74, 6) is -0.0898.